The van der Waals surface area contributed by atoms with E-state index in [2.05, 4.69) is 26.6 Å². The smallest absolute Gasteiger partial charge is 0.0701 e. The number of ether oxygens (including phenoxy) is 1. The second-order valence-corrected chi connectivity index (χ2v) is 9.69. The molecule has 0 aliphatic carbocycles. The average molecular weight is 175 g/mol. The second-order valence-electron chi connectivity index (χ2n) is 4.19. The van der Waals surface area contributed by atoms with Gasteiger partial charge in [0.2, 0.25) is 0 Å². The summed E-state index contributed by atoms with van der Waals surface area (Å²) in [4.78, 5) is 0. The predicted molar refractivity (Wildman–Crippen MR) is 52.4 cm³/mol. The standard InChI is InChI=1S/C8H21NOSi/c1-6-8(9,7-10-2)11(3,4)5/h6-7,9H2,1-5H3. The Morgan fingerprint density at radius 1 is 1.36 bits per heavy atom. The van der Waals surface area contributed by atoms with E-state index in [1.54, 1.807) is 7.11 Å². The summed E-state index contributed by atoms with van der Waals surface area (Å²) in [5.41, 5.74) is 6.22. The van der Waals surface area contributed by atoms with Gasteiger partial charge >= 0.3 is 0 Å². The Kier molecular flexibility index (Phi) is 3.74. The van der Waals surface area contributed by atoms with Gasteiger partial charge in [0.05, 0.1) is 14.7 Å². The summed E-state index contributed by atoms with van der Waals surface area (Å²) in [5, 5.41) is -0.0538. The summed E-state index contributed by atoms with van der Waals surface area (Å²) in [6, 6.07) is 0. The molecule has 3 heteroatoms. The first-order valence-corrected chi connectivity index (χ1v) is 7.65. The van der Waals surface area contributed by atoms with Crippen LogP contribution in [-0.2, 0) is 4.74 Å². The minimum Gasteiger partial charge on any atom is -0.383 e. The molecule has 0 saturated carbocycles. The third kappa shape index (κ3) is 2.58. The van der Waals surface area contributed by atoms with Crippen molar-refractivity contribution in [2.45, 2.75) is 38.1 Å². The Morgan fingerprint density at radius 2 is 1.82 bits per heavy atom. The predicted octanol–water partition coefficient (Wildman–Crippen LogP) is 1.62. The minimum absolute atomic E-state index is 0.0538. The van der Waals surface area contributed by atoms with Crippen LogP contribution < -0.4 is 5.73 Å². The molecule has 0 heterocycles. The molecule has 2 nitrogen and oxygen atoms in total. The molecule has 68 valence electrons. The van der Waals surface area contributed by atoms with Gasteiger partial charge in [-0.1, -0.05) is 26.6 Å². The molecular formula is C8H21NOSi. The van der Waals surface area contributed by atoms with Gasteiger partial charge in [-0.3, -0.25) is 0 Å². The summed E-state index contributed by atoms with van der Waals surface area (Å²) in [7, 11) is 0.441. The lowest BCUT2D eigenvalue weighted by Crippen LogP contribution is -2.61. The molecule has 0 aliphatic rings. The maximum atomic E-state index is 6.22. The third-order valence-electron chi connectivity index (χ3n) is 2.53. The van der Waals surface area contributed by atoms with E-state index in [9.17, 15) is 0 Å². The molecule has 0 bridgehead atoms. The van der Waals surface area contributed by atoms with Gasteiger partial charge < -0.3 is 10.5 Å². The number of nitrogens with two attached hydrogens (primary N) is 1. The van der Waals surface area contributed by atoms with Crippen molar-refractivity contribution in [3.05, 3.63) is 0 Å². The van der Waals surface area contributed by atoms with Gasteiger partial charge in [0.15, 0.2) is 0 Å². The van der Waals surface area contributed by atoms with E-state index in [1.807, 2.05) is 0 Å². The molecule has 0 aromatic rings. The van der Waals surface area contributed by atoms with Crippen LogP contribution in [0.4, 0.5) is 0 Å². The summed E-state index contributed by atoms with van der Waals surface area (Å²) in [5.74, 6) is 0. The summed E-state index contributed by atoms with van der Waals surface area (Å²) in [6.45, 7) is 9.69. The highest BCUT2D eigenvalue weighted by Gasteiger charge is 2.37. The first-order chi connectivity index (χ1) is 4.87. The zero-order valence-corrected chi connectivity index (χ0v) is 9.40. The zero-order valence-electron chi connectivity index (χ0n) is 8.40. The van der Waals surface area contributed by atoms with E-state index in [0.717, 1.165) is 6.42 Å². The van der Waals surface area contributed by atoms with Crippen LogP contribution in [0.3, 0.4) is 0 Å². The second kappa shape index (κ2) is 3.69. The fourth-order valence-electron chi connectivity index (χ4n) is 1.11. The first kappa shape index (κ1) is 11.1. The largest absolute Gasteiger partial charge is 0.383 e. The molecule has 0 saturated heterocycles. The van der Waals surface area contributed by atoms with Crippen molar-refractivity contribution in [3.63, 3.8) is 0 Å². The van der Waals surface area contributed by atoms with Crippen LogP contribution in [0.25, 0.3) is 0 Å². The van der Waals surface area contributed by atoms with Gasteiger partial charge in [-0.05, 0) is 6.42 Å². The van der Waals surface area contributed by atoms with Gasteiger partial charge in [-0.15, -0.1) is 0 Å². The summed E-state index contributed by atoms with van der Waals surface area (Å²) < 4.78 is 5.13. The van der Waals surface area contributed by atoms with E-state index < -0.39 is 8.07 Å². The Balaban J connectivity index is 4.33. The van der Waals surface area contributed by atoms with Crippen LogP contribution in [-0.4, -0.2) is 27.0 Å². The fourth-order valence-corrected chi connectivity index (χ4v) is 2.74. The maximum Gasteiger partial charge on any atom is 0.0701 e. The lowest BCUT2D eigenvalue weighted by Gasteiger charge is -2.38. The molecule has 11 heavy (non-hydrogen) atoms. The summed E-state index contributed by atoms with van der Waals surface area (Å²) in [6.07, 6.45) is 1.01. The molecule has 0 aromatic carbocycles. The van der Waals surface area contributed by atoms with Crippen LogP contribution in [0.15, 0.2) is 0 Å². The lowest BCUT2D eigenvalue weighted by atomic mass is 10.2. The van der Waals surface area contributed by atoms with Crippen LogP contribution in [0.1, 0.15) is 13.3 Å². The highest BCUT2D eigenvalue weighted by molar-refractivity contribution is 6.79. The highest BCUT2D eigenvalue weighted by atomic mass is 28.3. The third-order valence-corrected chi connectivity index (χ3v) is 6.01. The molecule has 0 rings (SSSR count). The van der Waals surface area contributed by atoms with Gasteiger partial charge in [-0.2, -0.15) is 0 Å². The molecule has 0 aliphatic heterocycles. The van der Waals surface area contributed by atoms with Gasteiger partial charge in [0, 0.05) is 12.3 Å². The van der Waals surface area contributed by atoms with Crippen molar-refractivity contribution < 1.29 is 4.74 Å². The molecule has 1 unspecified atom stereocenters. The molecular weight excluding hydrogens is 154 g/mol. The Hall–Kier alpha value is 0.137. The van der Waals surface area contributed by atoms with E-state index in [-0.39, 0.29) is 5.16 Å². The maximum absolute atomic E-state index is 6.22. The van der Waals surface area contributed by atoms with E-state index in [0.29, 0.717) is 6.61 Å². The number of methoxy groups -OCH3 is 1. The van der Waals surface area contributed by atoms with Crippen molar-refractivity contribution in [1.29, 1.82) is 0 Å². The van der Waals surface area contributed by atoms with Crippen molar-refractivity contribution in [3.8, 4) is 0 Å². The molecule has 0 radical (unpaired) electrons. The fraction of sp³-hybridized carbons (Fsp3) is 1.00. The Morgan fingerprint density at radius 3 is 1.91 bits per heavy atom. The molecule has 0 spiro atoms. The Labute approximate surface area is 71.1 Å². The van der Waals surface area contributed by atoms with Crippen molar-refractivity contribution in [2.75, 3.05) is 13.7 Å². The quantitative estimate of drug-likeness (QED) is 0.659. The molecule has 0 amide bonds. The highest BCUT2D eigenvalue weighted by Crippen LogP contribution is 2.21. The summed E-state index contributed by atoms with van der Waals surface area (Å²) >= 11 is 0. The van der Waals surface area contributed by atoms with Crippen LogP contribution in [0.2, 0.25) is 19.6 Å². The van der Waals surface area contributed by atoms with Crippen molar-refractivity contribution in [1.82, 2.24) is 0 Å². The average Bonchev–Trinajstić information content (AvgIpc) is 1.86. The lowest BCUT2D eigenvalue weighted by molar-refractivity contribution is 0.160. The van der Waals surface area contributed by atoms with Gasteiger partial charge in [0.25, 0.3) is 0 Å². The van der Waals surface area contributed by atoms with Crippen molar-refractivity contribution in [2.24, 2.45) is 5.73 Å². The van der Waals surface area contributed by atoms with E-state index >= 15 is 0 Å². The first-order valence-electron chi connectivity index (χ1n) is 4.15. The monoisotopic (exact) mass is 175 g/mol. The van der Waals surface area contributed by atoms with E-state index in [4.69, 9.17) is 10.5 Å². The van der Waals surface area contributed by atoms with Crippen LogP contribution in [0, 0.1) is 0 Å². The van der Waals surface area contributed by atoms with Crippen LogP contribution in [0.5, 0.6) is 0 Å². The normalized spacial score (nSPS) is 18.0. The molecule has 0 aromatic heterocycles. The number of hydrogen-bond donors (Lipinski definition) is 1. The zero-order chi connectivity index (χ0) is 9.12. The molecule has 1 atom stereocenters. The van der Waals surface area contributed by atoms with Crippen LogP contribution >= 0.6 is 0 Å². The molecule has 0 fully saturated rings. The minimum atomic E-state index is -1.28. The topological polar surface area (TPSA) is 35.2 Å². The van der Waals surface area contributed by atoms with Gasteiger partial charge in [-0.25, -0.2) is 0 Å². The number of hydrogen-bond acceptors (Lipinski definition) is 2. The Bertz CT molecular complexity index is 122. The number of rotatable bonds is 4. The van der Waals surface area contributed by atoms with Crippen molar-refractivity contribution >= 4 is 8.07 Å². The molecule has 2 N–H and O–H groups in total. The van der Waals surface area contributed by atoms with Gasteiger partial charge in [0.1, 0.15) is 0 Å². The SMILES string of the molecule is CCC(N)(COC)[Si](C)(C)C. The van der Waals surface area contributed by atoms with E-state index in [1.165, 1.54) is 0 Å².